The molecule has 0 amide bonds. The maximum Gasteiger partial charge on any atom is 0.0341 e. The average molecular weight is 273 g/mol. The number of likely N-dealkylation sites (N-methyl/N-ethyl adjacent to an activating group) is 1. The second kappa shape index (κ2) is 7.54. The first-order valence-corrected chi connectivity index (χ1v) is 8.87. The third-order valence-corrected chi connectivity index (χ3v) is 5.02. The van der Waals surface area contributed by atoms with E-state index < -0.39 is 0 Å². The smallest absolute Gasteiger partial charge is 0.0341 e. The van der Waals surface area contributed by atoms with E-state index >= 15 is 0 Å². The highest BCUT2D eigenvalue weighted by molar-refractivity contribution is 8.03. The van der Waals surface area contributed by atoms with E-state index in [9.17, 15) is 0 Å². The van der Waals surface area contributed by atoms with Crippen LogP contribution in [0.2, 0.25) is 0 Å². The summed E-state index contributed by atoms with van der Waals surface area (Å²) in [6.07, 6.45) is 7.57. The van der Waals surface area contributed by atoms with Crippen LogP contribution in [0.4, 0.5) is 0 Å². The molecule has 1 nitrogen and oxygen atoms in total. The first-order valence-electron chi connectivity index (χ1n) is 5.20. The van der Waals surface area contributed by atoms with Gasteiger partial charge in [-0.2, -0.15) is 0 Å². The first-order chi connectivity index (χ1) is 7.76. The molecule has 0 bridgehead atoms. The molecule has 1 rings (SSSR count). The lowest BCUT2D eigenvalue weighted by atomic mass is 10.1. The summed E-state index contributed by atoms with van der Waals surface area (Å²) in [6.45, 7) is 1.04. The Morgan fingerprint density at radius 1 is 1.00 bits per heavy atom. The van der Waals surface area contributed by atoms with Crippen molar-refractivity contribution < 1.29 is 0 Å². The zero-order chi connectivity index (χ0) is 12.0. The standard InChI is InChI=1S/C12H19NS3/c1-13-6-5-9-7-10(14-2)12(16-4)11(8-9)15-3/h7-8,13H,5-6H2,1-4H3. The van der Waals surface area contributed by atoms with E-state index in [0.717, 1.165) is 13.0 Å². The first kappa shape index (κ1) is 14.3. The molecule has 0 fully saturated rings. The minimum atomic E-state index is 1.04. The van der Waals surface area contributed by atoms with Gasteiger partial charge in [-0.05, 0) is 56.5 Å². The fraction of sp³-hybridized carbons (Fsp3) is 0.500. The fourth-order valence-electron chi connectivity index (χ4n) is 1.55. The van der Waals surface area contributed by atoms with Gasteiger partial charge >= 0.3 is 0 Å². The highest BCUT2D eigenvalue weighted by Gasteiger charge is 2.08. The largest absolute Gasteiger partial charge is 0.319 e. The normalized spacial score (nSPS) is 10.8. The number of hydrogen-bond donors (Lipinski definition) is 1. The zero-order valence-electron chi connectivity index (χ0n) is 10.3. The molecule has 0 unspecified atom stereocenters. The van der Waals surface area contributed by atoms with Crippen LogP contribution in [0.1, 0.15) is 5.56 Å². The van der Waals surface area contributed by atoms with Gasteiger partial charge in [-0.15, -0.1) is 35.3 Å². The molecule has 1 aromatic carbocycles. The number of nitrogens with one attached hydrogen (secondary N) is 1. The Morgan fingerprint density at radius 2 is 1.56 bits per heavy atom. The molecule has 90 valence electrons. The summed E-state index contributed by atoms with van der Waals surface area (Å²) in [7, 11) is 2.00. The number of benzene rings is 1. The van der Waals surface area contributed by atoms with Gasteiger partial charge in [0, 0.05) is 14.7 Å². The third kappa shape index (κ3) is 3.62. The van der Waals surface area contributed by atoms with E-state index in [2.05, 4.69) is 36.2 Å². The van der Waals surface area contributed by atoms with Crippen LogP contribution in [0, 0.1) is 0 Å². The van der Waals surface area contributed by atoms with Crippen LogP contribution in [-0.2, 0) is 6.42 Å². The molecule has 0 saturated heterocycles. The van der Waals surface area contributed by atoms with E-state index in [-0.39, 0.29) is 0 Å². The van der Waals surface area contributed by atoms with Crippen LogP contribution in [0.5, 0.6) is 0 Å². The van der Waals surface area contributed by atoms with Crippen molar-refractivity contribution in [3.05, 3.63) is 17.7 Å². The molecule has 0 aliphatic carbocycles. The molecule has 0 aliphatic heterocycles. The van der Waals surface area contributed by atoms with Crippen LogP contribution in [0.3, 0.4) is 0 Å². The molecule has 0 saturated carbocycles. The molecule has 0 spiro atoms. The Labute approximate surface area is 112 Å². The predicted octanol–water partition coefficient (Wildman–Crippen LogP) is 3.61. The zero-order valence-corrected chi connectivity index (χ0v) is 12.7. The quantitative estimate of drug-likeness (QED) is 0.794. The highest BCUT2D eigenvalue weighted by atomic mass is 32.2. The Morgan fingerprint density at radius 3 is 1.94 bits per heavy atom. The van der Waals surface area contributed by atoms with Crippen LogP contribution in [0.25, 0.3) is 0 Å². The van der Waals surface area contributed by atoms with Gasteiger partial charge in [-0.25, -0.2) is 0 Å². The van der Waals surface area contributed by atoms with Crippen LogP contribution < -0.4 is 5.32 Å². The van der Waals surface area contributed by atoms with Crippen molar-refractivity contribution in [1.29, 1.82) is 0 Å². The summed E-state index contributed by atoms with van der Waals surface area (Å²) in [6, 6.07) is 4.65. The topological polar surface area (TPSA) is 12.0 Å². The van der Waals surface area contributed by atoms with E-state index in [1.165, 1.54) is 20.2 Å². The van der Waals surface area contributed by atoms with Gasteiger partial charge in [0.05, 0.1) is 0 Å². The molecule has 16 heavy (non-hydrogen) atoms. The maximum atomic E-state index is 3.20. The van der Waals surface area contributed by atoms with Crippen molar-refractivity contribution in [1.82, 2.24) is 5.32 Å². The van der Waals surface area contributed by atoms with Crippen molar-refractivity contribution in [3.8, 4) is 0 Å². The van der Waals surface area contributed by atoms with Gasteiger partial charge in [0.2, 0.25) is 0 Å². The summed E-state index contributed by atoms with van der Waals surface area (Å²) < 4.78 is 0. The summed E-state index contributed by atoms with van der Waals surface area (Å²) >= 11 is 5.53. The highest BCUT2D eigenvalue weighted by Crippen LogP contribution is 2.37. The van der Waals surface area contributed by atoms with Crippen molar-refractivity contribution in [2.24, 2.45) is 0 Å². The van der Waals surface area contributed by atoms with E-state index in [4.69, 9.17) is 0 Å². The summed E-state index contributed by atoms with van der Waals surface area (Å²) in [5.74, 6) is 0. The molecule has 0 aliphatic rings. The minimum absolute atomic E-state index is 1.04. The Kier molecular flexibility index (Phi) is 6.73. The third-order valence-electron chi connectivity index (χ3n) is 2.39. The fourth-order valence-corrected chi connectivity index (χ4v) is 4.26. The lowest BCUT2D eigenvalue weighted by Gasteiger charge is -2.12. The van der Waals surface area contributed by atoms with E-state index in [1.54, 1.807) is 0 Å². The maximum absolute atomic E-state index is 3.20. The van der Waals surface area contributed by atoms with Crippen molar-refractivity contribution in [2.75, 3.05) is 32.4 Å². The molecule has 0 radical (unpaired) electrons. The lowest BCUT2D eigenvalue weighted by Crippen LogP contribution is -2.10. The lowest BCUT2D eigenvalue weighted by molar-refractivity contribution is 0.786. The molecule has 0 heterocycles. The minimum Gasteiger partial charge on any atom is -0.319 e. The summed E-state index contributed by atoms with van der Waals surface area (Å²) in [4.78, 5) is 4.24. The molecule has 0 atom stereocenters. The second-order valence-electron chi connectivity index (χ2n) is 3.39. The van der Waals surface area contributed by atoms with Gasteiger partial charge in [0.25, 0.3) is 0 Å². The van der Waals surface area contributed by atoms with Gasteiger partial charge in [-0.1, -0.05) is 0 Å². The monoisotopic (exact) mass is 273 g/mol. The average Bonchev–Trinajstić information content (AvgIpc) is 2.34. The number of rotatable bonds is 6. The van der Waals surface area contributed by atoms with Crippen molar-refractivity contribution in [2.45, 2.75) is 21.1 Å². The van der Waals surface area contributed by atoms with E-state index in [1.807, 2.05) is 42.3 Å². The van der Waals surface area contributed by atoms with Crippen molar-refractivity contribution >= 4 is 35.3 Å². The Bertz CT molecular complexity index is 314. The Balaban J connectivity index is 3.05. The molecule has 0 aromatic heterocycles. The van der Waals surface area contributed by atoms with Gasteiger partial charge in [-0.3, -0.25) is 0 Å². The van der Waals surface area contributed by atoms with Crippen LogP contribution in [0.15, 0.2) is 26.8 Å². The van der Waals surface area contributed by atoms with Crippen LogP contribution in [-0.4, -0.2) is 32.4 Å². The van der Waals surface area contributed by atoms with Crippen LogP contribution >= 0.6 is 35.3 Å². The number of hydrogen-bond acceptors (Lipinski definition) is 4. The molecule has 1 aromatic rings. The Hall–Kier alpha value is 0.230. The van der Waals surface area contributed by atoms with Gasteiger partial charge in [0.15, 0.2) is 0 Å². The van der Waals surface area contributed by atoms with Crippen molar-refractivity contribution in [3.63, 3.8) is 0 Å². The molecule has 1 N–H and O–H groups in total. The summed E-state index contributed by atoms with van der Waals surface area (Å²) in [5, 5.41) is 3.20. The molecular formula is C12H19NS3. The van der Waals surface area contributed by atoms with Gasteiger partial charge in [0.1, 0.15) is 0 Å². The number of thioether (sulfide) groups is 3. The molecule has 4 heteroatoms. The predicted molar refractivity (Wildman–Crippen MR) is 79.4 cm³/mol. The van der Waals surface area contributed by atoms with Gasteiger partial charge < -0.3 is 5.32 Å². The molecular weight excluding hydrogens is 254 g/mol. The SMILES string of the molecule is CNCCc1cc(SC)c(SC)c(SC)c1. The summed E-state index contributed by atoms with van der Waals surface area (Å²) in [5.41, 5.74) is 1.43. The second-order valence-corrected chi connectivity index (χ2v) is 5.90. The van der Waals surface area contributed by atoms with E-state index in [0.29, 0.717) is 0 Å².